The molecule has 0 aliphatic carbocycles. The van der Waals surface area contributed by atoms with Crippen LogP contribution < -0.4 is 0 Å². The third-order valence-corrected chi connectivity index (χ3v) is 0.497. The fourth-order valence-corrected chi connectivity index (χ4v) is 0.110. The van der Waals surface area contributed by atoms with E-state index in [1.165, 1.54) is 0 Å². The van der Waals surface area contributed by atoms with E-state index in [0.717, 1.165) is 0 Å². The Kier molecular flexibility index (Phi) is 2.75. The molecule has 0 aliphatic rings. The predicted octanol–water partition coefficient (Wildman–Crippen LogP) is 1.32. The van der Waals surface area contributed by atoms with Crippen LogP contribution in [0.25, 0.3) is 0 Å². The molecule has 0 aliphatic heterocycles. The monoisotopic (exact) mass is 131 g/mol. The zero-order valence-electron chi connectivity index (χ0n) is 3.65. The van der Waals surface area contributed by atoms with Gasteiger partial charge in [-0.2, -0.15) is 0 Å². The number of alkyl halides is 4. The molecule has 8 heavy (non-hydrogen) atoms. The van der Waals surface area contributed by atoms with Crippen LogP contribution in [-0.4, -0.2) is 19.0 Å². The highest BCUT2D eigenvalue weighted by Gasteiger charge is 2.28. The number of halogens is 4. The van der Waals surface area contributed by atoms with Gasteiger partial charge in [0.15, 0.2) is 0 Å². The first-order valence-electron chi connectivity index (χ1n) is 1.78. The van der Waals surface area contributed by atoms with Gasteiger partial charge in [-0.05, 0) is 0 Å². The Morgan fingerprint density at radius 3 is 1.12 bits per heavy atom. The van der Waals surface area contributed by atoms with Crippen molar-refractivity contribution in [3.05, 3.63) is 0 Å². The summed E-state index contributed by atoms with van der Waals surface area (Å²) in [5, 5.41) is 9.43. The Hall–Kier alpha value is -0.320. The van der Waals surface area contributed by atoms with E-state index >= 15 is 0 Å². The second-order valence-electron chi connectivity index (χ2n) is 1.13. The van der Waals surface area contributed by atoms with Crippen LogP contribution in [0.5, 0.6) is 0 Å². The van der Waals surface area contributed by atoms with E-state index in [1.54, 1.807) is 0 Å². The summed E-state index contributed by atoms with van der Waals surface area (Å²) in [6.45, 7) is 0. The lowest BCUT2D eigenvalue weighted by atomic mass is 10.4. The molecule has 49 valence electrons. The van der Waals surface area contributed by atoms with Gasteiger partial charge < -0.3 is 0 Å². The van der Waals surface area contributed by atoms with E-state index in [0.29, 0.717) is 0 Å². The molecule has 0 spiro atoms. The molecule has 0 unspecified atom stereocenters. The minimum Gasteiger partial charge on any atom is -0.220 e. The van der Waals surface area contributed by atoms with Crippen molar-refractivity contribution in [1.29, 1.82) is 0 Å². The van der Waals surface area contributed by atoms with Crippen molar-refractivity contribution in [2.45, 2.75) is 19.0 Å². The first kappa shape index (κ1) is 7.68. The molecular formula is C3H3F4O. The van der Waals surface area contributed by atoms with Crippen molar-refractivity contribution in [3.63, 3.8) is 0 Å². The van der Waals surface area contributed by atoms with Crippen LogP contribution in [0.3, 0.4) is 0 Å². The highest BCUT2D eigenvalue weighted by atomic mass is 19.3. The van der Waals surface area contributed by atoms with Crippen molar-refractivity contribution in [3.8, 4) is 0 Å². The molecule has 1 radical (unpaired) electrons. The number of hydrogen-bond donors (Lipinski definition) is 0. The fraction of sp³-hybridized carbons (Fsp3) is 1.00. The summed E-state index contributed by atoms with van der Waals surface area (Å²) in [7, 11) is 0. The smallest absolute Gasteiger partial charge is 0.220 e. The van der Waals surface area contributed by atoms with Crippen molar-refractivity contribution in [2.24, 2.45) is 0 Å². The summed E-state index contributed by atoms with van der Waals surface area (Å²) in [5.74, 6) is 0. The van der Waals surface area contributed by atoms with Crippen LogP contribution in [0.1, 0.15) is 0 Å². The zero-order valence-corrected chi connectivity index (χ0v) is 3.65. The summed E-state index contributed by atoms with van der Waals surface area (Å²) in [6, 6.07) is 0. The van der Waals surface area contributed by atoms with Crippen molar-refractivity contribution < 1.29 is 22.7 Å². The van der Waals surface area contributed by atoms with Gasteiger partial charge in [-0.15, -0.1) is 0 Å². The maximum absolute atomic E-state index is 10.9. The van der Waals surface area contributed by atoms with Gasteiger partial charge in [0.25, 0.3) is 12.9 Å². The van der Waals surface area contributed by atoms with E-state index in [-0.39, 0.29) is 0 Å². The Morgan fingerprint density at radius 2 is 1.12 bits per heavy atom. The topological polar surface area (TPSA) is 19.9 Å². The normalized spacial score (nSPS) is 12.0. The second kappa shape index (κ2) is 2.86. The molecule has 0 aromatic heterocycles. The molecule has 0 bridgehead atoms. The van der Waals surface area contributed by atoms with Crippen LogP contribution in [0.15, 0.2) is 0 Å². The maximum atomic E-state index is 10.9. The van der Waals surface area contributed by atoms with Gasteiger partial charge in [0.1, 0.15) is 0 Å². The minimum atomic E-state index is -3.46. The minimum absolute atomic E-state index is 3.05. The standard InChI is InChI=1S/C3H3F4O/c4-2(5)1(8)3(6)7/h1-3H. The zero-order chi connectivity index (χ0) is 6.73. The Labute approximate surface area is 42.9 Å². The Bertz CT molecular complexity index is 56.3. The van der Waals surface area contributed by atoms with Gasteiger partial charge in [0, 0.05) is 0 Å². The highest BCUT2D eigenvalue weighted by Crippen LogP contribution is 2.09. The first-order chi connectivity index (χ1) is 3.55. The molecule has 0 amide bonds. The quantitative estimate of drug-likeness (QED) is 0.503. The van der Waals surface area contributed by atoms with Crippen molar-refractivity contribution >= 4 is 0 Å². The van der Waals surface area contributed by atoms with E-state index in [2.05, 4.69) is 0 Å². The van der Waals surface area contributed by atoms with Gasteiger partial charge in [-0.3, -0.25) is 0 Å². The largest absolute Gasteiger partial charge is 0.273 e. The molecule has 1 nitrogen and oxygen atoms in total. The molecule has 0 saturated heterocycles. The number of rotatable bonds is 2. The molecule has 0 heterocycles. The van der Waals surface area contributed by atoms with Gasteiger partial charge in [-0.25, -0.2) is 22.7 Å². The van der Waals surface area contributed by atoms with Crippen molar-refractivity contribution in [1.82, 2.24) is 0 Å². The summed E-state index contributed by atoms with van der Waals surface area (Å²) < 4.78 is 43.5. The lowest BCUT2D eigenvalue weighted by Gasteiger charge is -2.02. The lowest BCUT2D eigenvalue weighted by molar-refractivity contribution is -0.124. The summed E-state index contributed by atoms with van der Waals surface area (Å²) in [4.78, 5) is 0. The second-order valence-corrected chi connectivity index (χ2v) is 1.13. The van der Waals surface area contributed by atoms with Gasteiger partial charge >= 0.3 is 0 Å². The molecule has 0 rings (SSSR count). The molecule has 0 aromatic carbocycles. The van der Waals surface area contributed by atoms with Crippen LogP contribution in [0.4, 0.5) is 17.6 Å². The molecule has 0 atom stereocenters. The van der Waals surface area contributed by atoms with E-state index in [9.17, 15) is 22.7 Å². The van der Waals surface area contributed by atoms with E-state index in [1.807, 2.05) is 0 Å². The van der Waals surface area contributed by atoms with Crippen LogP contribution in [-0.2, 0) is 5.11 Å². The molecular weight excluding hydrogens is 128 g/mol. The van der Waals surface area contributed by atoms with Crippen LogP contribution >= 0.6 is 0 Å². The van der Waals surface area contributed by atoms with E-state index in [4.69, 9.17) is 0 Å². The van der Waals surface area contributed by atoms with Gasteiger partial charge in [0.05, 0.1) is 0 Å². The SMILES string of the molecule is [O]C(C(F)F)C(F)F. The average molecular weight is 131 g/mol. The average Bonchev–Trinajstić information content (AvgIpc) is 1.64. The summed E-state index contributed by atoms with van der Waals surface area (Å²) in [5.41, 5.74) is 0. The summed E-state index contributed by atoms with van der Waals surface area (Å²) >= 11 is 0. The molecule has 0 saturated carbocycles. The molecule has 0 aromatic rings. The predicted molar refractivity (Wildman–Crippen MR) is 16.5 cm³/mol. The van der Waals surface area contributed by atoms with E-state index < -0.39 is 19.0 Å². The lowest BCUT2D eigenvalue weighted by Crippen LogP contribution is -2.24. The number of hydrogen-bond acceptors (Lipinski definition) is 0. The Morgan fingerprint density at radius 1 is 0.875 bits per heavy atom. The van der Waals surface area contributed by atoms with Crippen molar-refractivity contribution in [2.75, 3.05) is 0 Å². The Balaban J connectivity index is 3.46. The summed E-state index contributed by atoms with van der Waals surface area (Å²) in [6.07, 6.45) is -9.97. The first-order valence-corrected chi connectivity index (χ1v) is 1.78. The maximum Gasteiger partial charge on any atom is 0.273 e. The molecule has 0 fully saturated rings. The van der Waals surface area contributed by atoms with Crippen LogP contribution in [0.2, 0.25) is 0 Å². The van der Waals surface area contributed by atoms with Gasteiger partial charge in [-0.1, -0.05) is 0 Å². The third-order valence-electron chi connectivity index (χ3n) is 0.497. The third kappa shape index (κ3) is 2.11. The fourth-order valence-electron chi connectivity index (χ4n) is 0.110. The van der Waals surface area contributed by atoms with Crippen LogP contribution in [0, 0.1) is 0 Å². The molecule has 5 heteroatoms. The van der Waals surface area contributed by atoms with Gasteiger partial charge in [0.2, 0.25) is 6.10 Å². The highest BCUT2D eigenvalue weighted by molar-refractivity contribution is 4.57. The molecule has 0 N–H and O–H groups in total.